The highest BCUT2D eigenvalue weighted by molar-refractivity contribution is 9.10. The Bertz CT molecular complexity index is 883. The van der Waals surface area contributed by atoms with E-state index in [9.17, 15) is 0 Å². The van der Waals surface area contributed by atoms with Gasteiger partial charge in [0.15, 0.2) is 0 Å². The number of benzene rings is 1. The van der Waals surface area contributed by atoms with Crippen LogP contribution in [0.3, 0.4) is 0 Å². The number of nitrogens with zero attached hydrogens (tertiary/aromatic N) is 2. The second-order valence-electron chi connectivity index (χ2n) is 7.71. The summed E-state index contributed by atoms with van der Waals surface area (Å²) in [5.41, 5.74) is 22.5. The lowest BCUT2D eigenvalue weighted by Crippen LogP contribution is -2.34. The van der Waals surface area contributed by atoms with Gasteiger partial charge < -0.3 is 22.1 Å². The van der Waals surface area contributed by atoms with Gasteiger partial charge in [-0.15, -0.1) is 6.42 Å². The van der Waals surface area contributed by atoms with Crippen molar-refractivity contribution in [1.82, 2.24) is 4.90 Å². The summed E-state index contributed by atoms with van der Waals surface area (Å²) in [5.74, 6) is 3.41. The molecule has 1 aliphatic heterocycles. The van der Waals surface area contributed by atoms with Crippen molar-refractivity contribution >= 4 is 27.5 Å². The molecule has 1 atom stereocenters. The largest absolute Gasteiger partial charge is 0.404 e. The third kappa shape index (κ3) is 3.69. The fourth-order valence-electron chi connectivity index (χ4n) is 4.34. The number of hydrogen-bond donors (Lipinski definition) is 3. The van der Waals surface area contributed by atoms with E-state index in [1.165, 1.54) is 6.20 Å². The van der Waals surface area contributed by atoms with Crippen LogP contribution in [0.15, 0.2) is 50.7 Å². The molecule has 0 bridgehead atoms. The van der Waals surface area contributed by atoms with E-state index < -0.39 is 0 Å². The van der Waals surface area contributed by atoms with Crippen molar-refractivity contribution in [3.05, 3.63) is 51.3 Å². The van der Waals surface area contributed by atoms with Gasteiger partial charge in [0.1, 0.15) is 5.84 Å². The van der Waals surface area contributed by atoms with Crippen molar-refractivity contribution in [2.75, 3.05) is 19.8 Å². The first-order chi connectivity index (χ1) is 13.4. The maximum Gasteiger partial charge on any atom is 0.129 e. The van der Waals surface area contributed by atoms with Gasteiger partial charge in [0.05, 0.1) is 5.70 Å². The molecular weight excluding hydrogens is 414 g/mol. The SMILES string of the molecule is C#CC1=C(C2CCC(N(C)C)CC2)N=C(N)/C(=C\N)C1c1cccc(N)c1Br. The Morgan fingerprint density at radius 1 is 1.21 bits per heavy atom. The molecule has 2 aliphatic rings. The Hall–Kier alpha value is -2.23. The van der Waals surface area contributed by atoms with Gasteiger partial charge in [-0.05, 0) is 67.3 Å². The monoisotopic (exact) mass is 441 g/mol. The lowest BCUT2D eigenvalue weighted by atomic mass is 9.76. The van der Waals surface area contributed by atoms with Crippen molar-refractivity contribution < 1.29 is 0 Å². The average Bonchev–Trinajstić information content (AvgIpc) is 2.69. The van der Waals surface area contributed by atoms with Crippen LogP contribution in [0.4, 0.5) is 5.69 Å². The van der Waals surface area contributed by atoms with Crippen molar-refractivity contribution in [2.24, 2.45) is 22.4 Å². The quantitative estimate of drug-likeness (QED) is 0.495. The molecule has 1 unspecified atom stereocenters. The van der Waals surface area contributed by atoms with Crippen LogP contribution in [0.5, 0.6) is 0 Å². The molecule has 0 radical (unpaired) electrons. The maximum atomic E-state index is 6.34. The van der Waals surface area contributed by atoms with Crippen LogP contribution in [0.2, 0.25) is 0 Å². The van der Waals surface area contributed by atoms with E-state index in [1.807, 2.05) is 18.2 Å². The minimum absolute atomic E-state index is 0.244. The Labute approximate surface area is 175 Å². The molecule has 6 heteroatoms. The Kier molecular flexibility index (Phi) is 6.17. The van der Waals surface area contributed by atoms with Crippen molar-refractivity contribution in [2.45, 2.75) is 37.6 Å². The number of hydrogen-bond acceptors (Lipinski definition) is 5. The van der Waals surface area contributed by atoms with Crippen molar-refractivity contribution in [3.63, 3.8) is 0 Å². The maximum absolute atomic E-state index is 6.34. The lowest BCUT2D eigenvalue weighted by molar-refractivity contribution is 0.204. The van der Waals surface area contributed by atoms with Gasteiger partial charge in [-0.3, -0.25) is 0 Å². The molecule has 5 nitrogen and oxygen atoms in total. The van der Waals surface area contributed by atoms with E-state index in [-0.39, 0.29) is 5.92 Å². The zero-order chi connectivity index (χ0) is 20.4. The van der Waals surface area contributed by atoms with Crippen LogP contribution in [0.25, 0.3) is 0 Å². The summed E-state index contributed by atoms with van der Waals surface area (Å²) in [4.78, 5) is 7.03. The molecule has 0 spiro atoms. The molecule has 148 valence electrons. The fraction of sp³-hybridized carbons (Fsp3) is 0.409. The highest BCUT2D eigenvalue weighted by Gasteiger charge is 2.35. The normalized spacial score (nSPS) is 27.0. The number of halogens is 1. The second kappa shape index (κ2) is 8.42. The molecule has 1 heterocycles. The first-order valence-corrected chi connectivity index (χ1v) is 10.4. The summed E-state index contributed by atoms with van der Waals surface area (Å²) < 4.78 is 0.817. The summed E-state index contributed by atoms with van der Waals surface area (Å²) in [6, 6.07) is 6.38. The van der Waals surface area contributed by atoms with E-state index in [0.717, 1.165) is 52.6 Å². The summed E-state index contributed by atoms with van der Waals surface area (Å²) in [7, 11) is 4.28. The van der Waals surface area contributed by atoms with Crippen LogP contribution in [0.1, 0.15) is 37.2 Å². The van der Waals surface area contributed by atoms with Crippen LogP contribution < -0.4 is 17.2 Å². The average molecular weight is 442 g/mol. The number of rotatable bonds is 3. The minimum atomic E-state index is -0.244. The molecule has 3 rings (SSSR count). The molecule has 0 amide bonds. The molecule has 1 aromatic carbocycles. The number of terminal acetylenes is 1. The Morgan fingerprint density at radius 3 is 2.46 bits per heavy atom. The predicted octanol–water partition coefficient (Wildman–Crippen LogP) is 3.34. The first kappa shape index (κ1) is 20.5. The first-order valence-electron chi connectivity index (χ1n) is 9.56. The molecule has 1 fully saturated rings. The third-order valence-electron chi connectivity index (χ3n) is 5.93. The van der Waals surface area contributed by atoms with E-state index >= 15 is 0 Å². The zero-order valence-corrected chi connectivity index (χ0v) is 18.0. The number of anilines is 1. The van der Waals surface area contributed by atoms with Gasteiger partial charge in [0.25, 0.3) is 0 Å². The highest BCUT2D eigenvalue weighted by atomic mass is 79.9. The van der Waals surface area contributed by atoms with E-state index in [0.29, 0.717) is 23.5 Å². The Morgan fingerprint density at radius 2 is 1.89 bits per heavy atom. The van der Waals surface area contributed by atoms with E-state index in [1.54, 1.807) is 0 Å². The van der Waals surface area contributed by atoms with Gasteiger partial charge in [0, 0.05) is 45.4 Å². The minimum Gasteiger partial charge on any atom is -0.404 e. The third-order valence-corrected chi connectivity index (χ3v) is 6.85. The van der Waals surface area contributed by atoms with Gasteiger partial charge >= 0.3 is 0 Å². The molecular formula is C22H28BrN5. The van der Waals surface area contributed by atoms with E-state index in [4.69, 9.17) is 28.6 Å². The molecule has 28 heavy (non-hydrogen) atoms. The summed E-state index contributed by atoms with van der Waals surface area (Å²) in [6.07, 6.45) is 11.9. The smallest absolute Gasteiger partial charge is 0.129 e. The second-order valence-corrected chi connectivity index (χ2v) is 8.51. The Balaban J connectivity index is 2.07. The van der Waals surface area contributed by atoms with Gasteiger partial charge in [0.2, 0.25) is 0 Å². The van der Waals surface area contributed by atoms with Crippen molar-refractivity contribution in [1.29, 1.82) is 0 Å². The number of nitrogens with two attached hydrogens (primary N) is 3. The summed E-state index contributed by atoms with van der Waals surface area (Å²) >= 11 is 3.62. The van der Waals surface area contributed by atoms with Crippen LogP contribution in [-0.4, -0.2) is 30.9 Å². The molecule has 0 aromatic heterocycles. The van der Waals surface area contributed by atoms with Crippen LogP contribution in [0, 0.1) is 18.3 Å². The van der Waals surface area contributed by atoms with Gasteiger partial charge in [-0.1, -0.05) is 18.1 Å². The summed E-state index contributed by atoms with van der Waals surface area (Å²) in [5, 5.41) is 0. The standard InChI is InChI=1S/C22H28BrN5/c1-4-15-19(16-6-5-7-18(25)20(16)23)17(12-24)22(26)27-21(15)13-8-10-14(11-9-13)28(2)3/h1,5-7,12-14,19H,8-11,24-25H2,2-3H3,(H2,26,27)/b17-12-. The number of aliphatic imine (C=N–C) groups is 1. The molecule has 1 aliphatic carbocycles. The molecule has 1 aromatic rings. The number of nitrogen functional groups attached to an aromatic ring is 1. The number of amidine groups is 1. The van der Waals surface area contributed by atoms with E-state index in [2.05, 4.69) is 40.8 Å². The molecule has 1 saturated carbocycles. The van der Waals surface area contributed by atoms with Crippen LogP contribution >= 0.6 is 15.9 Å². The number of allylic oxidation sites excluding steroid dienone is 2. The molecule has 6 N–H and O–H groups in total. The van der Waals surface area contributed by atoms with Crippen LogP contribution in [-0.2, 0) is 0 Å². The lowest BCUT2D eigenvalue weighted by Gasteiger charge is -2.35. The fourth-order valence-corrected chi connectivity index (χ4v) is 4.83. The molecule has 0 saturated heterocycles. The zero-order valence-electron chi connectivity index (χ0n) is 16.5. The topological polar surface area (TPSA) is 93.7 Å². The highest BCUT2D eigenvalue weighted by Crippen LogP contribution is 2.45. The summed E-state index contributed by atoms with van der Waals surface area (Å²) in [6.45, 7) is 0. The van der Waals surface area contributed by atoms with Gasteiger partial charge in [-0.25, -0.2) is 4.99 Å². The van der Waals surface area contributed by atoms with Crippen molar-refractivity contribution in [3.8, 4) is 12.3 Å². The predicted molar refractivity (Wildman–Crippen MR) is 120 cm³/mol. The van der Waals surface area contributed by atoms with Gasteiger partial charge in [-0.2, -0.15) is 0 Å².